The van der Waals surface area contributed by atoms with Gasteiger partial charge in [-0.3, -0.25) is 0 Å². The Morgan fingerprint density at radius 3 is 2.90 bits per heavy atom. The summed E-state index contributed by atoms with van der Waals surface area (Å²) in [7, 11) is 0. The first-order chi connectivity index (χ1) is 10.1. The Balaban J connectivity index is 1.85. The molecule has 0 unspecified atom stereocenters. The van der Waals surface area contributed by atoms with E-state index < -0.39 is 6.10 Å². The van der Waals surface area contributed by atoms with Gasteiger partial charge in [0.2, 0.25) is 0 Å². The van der Waals surface area contributed by atoms with Crippen molar-refractivity contribution in [1.29, 1.82) is 0 Å². The summed E-state index contributed by atoms with van der Waals surface area (Å²) in [5.41, 5.74) is 0.909. The number of halogens is 1. The van der Waals surface area contributed by atoms with Gasteiger partial charge >= 0.3 is 0 Å². The fourth-order valence-electron chi connectivity index (χ4n) is 2.49. The molecule has 2 aromatic rings. The predicted molar refractivity (Wildman–Crippen MR) is 86.5 cm³/mol. The second-order valence-electron chi connectivity index (χ2n) is 5.33. The van der Waals surface area contributed by atoms with Gasteiger partial charge in [0.25, 0.3) is 0 Å². The molecular weight excluding hydrogens is 350 g/mol. The molecule has 0 bridgehead atoms. The van der Waals surface area contributed by atoms with Crippen molar-refractivity contribution in [3.8, 4) is 0 Å². The average molecular weight is 368 g/mol. The van der Waals surface area contributed by atoms with Gasteiger partial charge in [0.15, 0.2) is 5.16 Å². The van der Waals surface area contributed by atoms with Crippen LogP contribution in [0.5, 0.6) is 0 Å². The number of benzene rings is 1. The zero-order chi connectivity index (χ0) is 14.8. The monoisotopic (exact) mass is 367 g/mol. The molecule has 0 amide bonds. The molecule has 0 fully saturated rings. The van der Waals surface area contributed by atoms with Gasteiger partial charge in [-0.05, 0) is 65.2 Å². The smallest absolute Gasteiger partial charge is 0.196 e. The van der Waals surface area contributed by atoms with Crippen LogP contribution in [0.25, 0.3) is 0 Å². The van der Waals surface area contributed by atoms with Gasteiger partial charge < -0.3 is 9.67 Å². The molecule has 4 nitrogen and oxygen atoms in total. The van der Waals surface area contributed by atoms with E-state index in [1.54, 1.807) is 18.7 Å². The molecule has 3 rings (SSSR count). The SMILES string of the molecule is C[C@@H](O)c1ccc(Sc2nnc3n2CCCCC3)c(Br)c1. The molecule has 1 aromatic heterocycles. The van der Waals surface area contributed by atoms with Crippen LogP contribution in [-0.4, -0.2) is 19.9 Å². The van der Waals surface area contributed by atoms with E-state index in [-0.39, 0.29) is 0 Å². The minimum Gasteiger partial charge on any atom is -0.389 e. The summed E-state index contributed by atoms with van der Waals surface area (Å²) in [6.07, 6.45) is 4.23. The van der Waals surface area contributed by atoms with Crippen LogP contribution in [-0.2, 0) is 13.0 Å². The normalized spacial score (nSPS) is 16.3. The molecule has 0 saturated heterocycles. The summed E-state index contributed by atoms with van der Waals surface area (Å²) in [5.74, 6) is 1.10. The van der Waals surface area contributed by atoms with Crippen molar-refractivity contribution in [3.05, 3.63) is 34.1 Å². The number of hydrogen-bond acceptors (Lipinski definition) is 4. The Labute approximate surface area is 137 Å². The number of aliphatic hydroxyl groups is 1. The maximum absolute atomic E-state index is 9.63. The van der Waals surface area contributed by atoms with Crippen molar-refractivity contribution in [2.24, 2.45) is 0 Å². The minimum absolute atomic E-state index is 0.454. The van der Waals surface area contributed by atoms with Gasteiger partial charge in [-0.2, -0.15) is 0 Å². The largest absolute Gasteiger partial charge is 0.389 e. The number of rotatable bonds is 3. The highest BCUT2D eigenvalue weighted by Gasteiger charge is 2.16. The van der Waals surface area contributed by atoms with Crippen molar-refractivity contribution >= 4 is 27.7 Å². The molecule has 1 aromatic carbocycles. The molecule has 1 atom stereocenters. The Hall–Kier alpha value is -0.850. The first-order valence-corrected chi connectivity index (χ1v) is 8.83. The van der Waals surface area contributed by atoms with E-state index >= 15 is 0 Å². The number of aliphatic hydroxyl groups excluding tert-OH is 1. The van der Waals surface area contributed by atoms with Crippen LogP contribution in [0.4, 0.5) is 0 Å². The van der Waals surface area contributed by atoms with E-state index in [4.69, 9.17) is 0 Å². The first-order valence-electron chi connectivity index (χ1n) is 7.22. The Kier molecular flexibility index (Phi) is 4.66. The molecule has 0 saturated carbocycles. The zero-order valence-electron chi connectivity index (χ0n) is 11.9. The van der Waals surface area contributed by atoms with Gasteiger partial charge in [-0.25, -0.2) is 0 Å². The number of hydrogen-bond donors (Lipinski definition) is 1. The third kappa shape index (κ3) is 3.33. The molecule has 1 aliphatic heterocycles. The topological polar surface area (TPSA) is 50.9 Å². The van der Waals surface area contributed by atoms with Crippen molar-refractivity contribution in [3.63, 3.8) is 0 Å². The van der Waals surface area contributed by atoms with Gasteiger partial charge in [-0.1, -0.05) is 12.5 Å². The van der Waals surface area contributed by atoms with Crippen molar-refractivity contribution in [1.82, 2.24) is 14.8 Å². The third-order valence-electron chi connectivity index (χ3n) is 3.72. The standard InChI is InChI=1S/C15H18BrN3OS/c1-10(20)11-6-7-13(12(16)9-11)21-15-18-17-14-5-3-2-4-8-19(14)15/h6-7,9-10,20H,2-5,8H2,1H3/t10-/m1/s1. The van der Waals surface area contributed by atoms with E-state index in [9.17, 15) is 5.11 Å². The van der Waals surface area contributed by atoms with E-state index in [0.717, 1.165) is 38.9 Å². The maximum Gasteiger partial charge on any atom is 0.196 e. The fraction of sp³-hybridized carbons (Fsp3) is 0.467. The summed E-state index contributed by atoms with van der Waals surface area (Å²) in [6.45, 7) is 2.78. The Morgan fingerprint density at radius 1 is 1.29 bits per heavy atom. The lowest BCUT2D eigenvalue weighted by molar-refractivity contribution is 0.199. The number of aryl methyl sites for hydroxylation is 1. The van der Waals surface area contributed by atoms with Crippen molar-refractivity contribution in [2.75, 3.05) is 0 Å². The average Bonchev–Trinajstić information content (AvgIpc) is 2.69. The molecule has 21 heavy (non-hydrogen) atoms. The van der Waals surface area contributed by atoms with Gasteiger partial charge in [0.1, 0.15) is 5.82 Å². The van der Waals surface area contributed by atoms with E-state index in [1.165, 1.54) is 19.3 Å². The minimum atomic E-state index is -0.454. The lowest BCUT2D eigenvalue weighted by Gasteiger charge is -2.10. The Bertz CT molecular complexity index is 642. The highest BCUT2D eigenvalue weighted by atomic mass is 79.9. The van der Waals surface area contributed by atoms with Crippen LogP contribution < -0.4 is 0 Å². The lowest BCUT2D eigenvalue weighted by atomic mass is 10.1. The van der Waals surface area contributed by atoms with Crippen LogP contribution in [0.1, 0.15) is 43.7 Å². The van der Waals surface area contributed by atoms with Gasteiger partial charge in [0, 0.05) is 22.3 Å². The summed E-state index contributed by atoms with van der Waals surface area (Å²) < 4.78 is 3.23. The van der Waals surface area contributed by atoms with E-state index in [2.05, 4.69) is 30.7 Å². The Morgan fingerprint density at radius 2 is 2.14 bits per heavy atom. The van der Waals surface area contributed by atoms with Gasteiger partial charge in [0.05, 0.1) is 6.10 Å². The second-order valence-corrected chi connectivity index (χ2v) is 7.19. The third-order valence-corrected chi connectivity index (χ3v) is 5.69. The first kappa shape index (κ1) is 15.1. The van der Waals surface area contributed by atoms with Crippen molar-refractivity contribution < 1.29 is 5.11 Å². The van der Waals surface area contributed by atoms with E-state index in [1.807, 2.05) is 18.2 Å². The summed E-state index contributed by atoms with van der Waals surface area (Å²) >= 11 is 5.21. The molecular formula is C15H18BrN3OS. The quantitative estimate of drug-likeness (QED) is 0.891. The maximum atomic E-state index is 9.63. The molecule has 112 valence electrons. The molecule has 0 aliphatic carbocycles. The van der Waals surface area contributed by atoms with E-state index in [0.29, 0.717) is 0 Å². The lowest BCUT2D eigenvalue weighted by Crippen LogP contribution is -2.02. The predicted octanol–water partition coefficient (Wildman–Crippen LogP) is 3.97. The summed E-state index contributed by atoms with van der Waals surface area (Å²) in [4.78, 5) is 1.10. The van der Waals surface area contributed by atoms with Crippen LogP contribution in [0.2, 0.25) is 0 Å². The second kappa shape index (κ2) is 6.50. The molecule has 2 heterocycles. The van der Waals surface area contributed by atoms with Crippen LogP contribution in [0.15, 0.2) is 32.7 Å². The van der Waals surface area contributed by atoms with Crippen LogP contribution >= 0.6 is 27.7 Å². The molecule has 0 spiro atoms. The van der Waals surface area contributed by atoms with Crippen LogP contribution in [0.3, 0.4) is 0 Å². The summed E-state index contributed by atoms with van der Waals surface area (Å²) in [6, 6.07) is 5.94. The molecule has 1 aliphatic rings. The number of fused-ring (bicyclic) bond motifs is 1. The number of aromatic nitrogens is 3. The highest BCUT2D eigenvalue weighted by Crippen LogP contribution is 2.35. The fourth-order valence-corrected chi connectivity index (χ4v) is 4.01. The molecule has 0 radical (unpaired) electrons. The molecule has 6 heteroatoms. The zero-order valence-corrected chi connectivity index (χ0v) is 14.3. The van der Waals surface area contributed by atoms with Gasteiger partial charge in [-0.15, -0.1) is 10.2 Å². The number of nitrogens with zero attached hydrogens (tertiary/aromatic N) is 3. The van der Waals surface area contributed by atoms with Crippen molar-refractivity contribution in [2.45, 2.75) is 55.3 Å². The van der Waals surface area contributed by atoms with Crippen LogP contribution in [0, 0.1) is 0 Å². The molecule has 1 N–H and O–H groups in total. The highest BCUT2D eigenvalue weighted by molar-refractivity contribution is 9.10. The summed E-state index contributed by atoms with van der Waals surface area (Å²) in [5, 5.41) is 19.3.